The molecule has 11 nitrogen and oxygen atoms in total. The molecule has 0 aliphatic heterocycles. The van der Waals surface area contributed by atoms with E-state index in [9.17, 15) is 19.1 Å². The number of rotatable bonds is 8. The monoisotopic (exact) mass is 489 g/mol. The fourth-order valence-corrected chi connectivity index (χ4v) is 3.33. The number of anilines is 4. The van der Waals surface area contributed by atoms with Gasteiger partial charge in [-0.15, -0.1) is 0 Å². The first kappa shape index (κ1) is 24.0. The smallest absolute Gasteiger partial charge is 0.335 e. The van der Waals surface area contributed by atoms with E-state index in [2.05, 4.69) is 35.9 Å². The first-order valence-electron chi connectivity index (χ1n) is 10.5. The van der Waals surface area contributed by atoms with E-state index in [1.807, 2.05) is 0 Å². The standard InChI is InChI=1S/C24H20FN7O4/c1-26-23(33)16-12-28-20(32-19-8-13(24(34)35)6-7-27-19)9-18(16)31-17-5-3-4-15(21(17)36-2)22-29-10-14(25)11-30-22/h3-12H,1-2H3,(H,26,33)(H,34,35)(H2,27,28,31,32). The summed E-state index contributed by atoms with van der Waals surface area (Å²) in [6.07, 6.45) is 4.83. The second-order valence-electron chi connectivity index (χ2n) is 7.29. The van der Waals surface area contributed by atoms with E-state index >= 15 is 0 Å². The van der Waals surface area contributed by atoms with Gasteiger partial charge < -0.3 is 25.8 Å². The quantitative estimate of drug-likeness (QED) is 0.289. The van der Waals surface area contributed by atoms with Gasteiger partial charge in [-0.05, 0) is 24.3 Å². The summed E-state index contributed by atoms with van der Waals surface area (Å²) in [5.41, 5.74) is 1.65. The third kappa shape index (κ3) is 5.17. The number of para-hydroxylation sites is 1. The molecule has 3 heterocycles. The number of methoxy groups -OCH3 is 1. The fraction of sp³-hybridized carbons (Fsp3) is 0.0833. The number of carboxylic acids is 1. The molecule has 4 rings (SSSR count). The topological polar surface area (TPSA) is 151 Å². The number of halogens is 1. The molecule has 1 aromatic carbocycles. The van der Waals surface area contributed by atoms with Gasteiger partial charge in [0.05, 0.1) is 47.6 Å². The van der Waals surface area contributed by atoms with Crippen LogP contribution in [0.1, 0.15) is 20.7 Å². The van der Waals surface area contributed by atoms with Gasteiger partial charge in [-0.3, -0.25) is 4.79 Å². The Kier molecular flexibility index (Phi) is 6.95. The number of amides is 1. The van der Waals surface area contributed by atoms with Crippen LogP contribution >= 0.6 is 0 Å². The largest absolute Gasteiger partial charge is 0.494 e. The Morgan fingerprint density at radius 1 is 0.944 bits per heavy atom. The number of nitrogens with zero attached hydrogens (tertiary/aromatic N) is 4. The Morgan fingerprint density at radius 2 is 1.69 bits per heavy atom. The normalized spacial score (nSPS) is 10.4. The highest BCUT2D eigenvalue weighted by atomic mass is 19.1. The van der Waals surface area contributed by atoms with E-state index in [0.29, 0.717) is 28.5 Å². The van der Waals surface area contributed by atoms with Gasteiger partial charge in [0.1, 0.15) is 11.6 Å². The number of hydrogen-bond donors (Lipinski definition) is 4. The second-order valence-corrected chi connectivity index (χ2v) is 7.29. The molecule has 0 aliphatic rings. The maximum atomic E-state index is 13.3. The summed E-state index contributed by atoms with van der Waals surface area (Å²) < 4.78 is 18.9. The number of carbonyl (C=O) groups is 2. The number of aromatic nitrogens is 4. The number of carbonyl (C=O) groups excluding carboxylic acids is 1. The lowest BCUT2D eigenvalue weighted by molar-refractivity contribution is 0.0696. The number of carboxylic acid groups (broad SMARTS) is 1. The van der Waals surface area contributed by atoms with Crippen molar-refractivity contribution in [2.45, 2.75) is 0 Å². The molecular weight excluding hydrogens is 469 g/mol. The average Bonchev–Trinajstić information content (AvgIpc) is 2.89. The molecular formula is C24H20FN7O4. The molecule has 1 amide bonds. The first-order chi connectivity index (χ1) is 17.4. The van der Waals surface area contributed by atoms with E-state index in [1.165, 1.54) is 38.7 Å². The molecule has 0 bridgehead atoms. The number of nitrogens with one attached hydrogen (secondary N) is 3. The van der Waals surface area contributed by atoms with Gasteiger partial charge in [0, 0.05) is 25.5 Å². The number of ether oxygens (including phenoxy) is 1. The molecule has 0 radical (unpaired) electrons. The van der Waals surface area contributed by atoms with Crippen LogP contribution in [-0.4, -0.2) is 51.1 Å². The molecule has 0 aliphatic carbocycles. The van der Waals surface area contributed by atoms with Crippen LogP contribution in [0.5, 0.6) is 5.75 Å². The molecule has 0 fully saturated rings. The zero-order valence-corrected chi connectivity index (χ0v) is 19.1. The molecule has 0 saturated carbocycles. The molecule has 0 spiro atoms. The van der Waals surface area contributed by atoms with Crippen LogP contribution in [0.25, 0.3) is 11.4 Å². The van der Waals surface area contributed by atoms with E-state index in [0.717, 1.165) is 12.4 Å². The Bertz CT molecular complexity index is 1430. The average molecular weight is 489 g/mol. The summed E-state index contributed by atoms with van der Waals surface area (Å²) in [4.78, 5) is 40.2. The lowest BCUT2D eigenvalue weighted by Crippen LogP contribution is -2.19. The fourth-order valence-electron chi connectivity index (χ4n) is 3.33. The third-order valence-corrected chi connectivity index (χ3v) is 4.99. The SMILES string of the molecule is CNC(=O)c1cnc(Nc2cc(C(=O)O)ccn2)cc1Nc1cccc(-c2ncc(F)cn2)c1OC. The molecule has 0 unspecified atom stereocenters. The van der Waals surface area contributed by atoms with Gasteiger partial charge in [-0.2, -0.15) is 0 Å². The minimum Gasteiger partial charge on any atom is -0.494 e. The lowest BCUT2D eigenvalue weighted by atomic mass is 10.1. The molecule has 12 heteroatoms. The summed E-state index contributed by atoms with van der Waals surface area (Å²) in [5.74, 6) is -0.866. The molecule has 36 heavy (non-hydrogen) atoms. The summed E-state index contributed by atoms with van der Waals surface area (Å²) in [7, 11) is 2.96. The Labute approximate surface area is 204 Å². The number of aromatic carboxylic acids is 1. The van der Waals surface area contributed by atoms with Crippen molar-refractivity contribution in [3.05, 3.63) is 78.1 Å². The van der Waals surface area contributed by atoms with Crippen LogP contribution < -0.4 is 20.7 Å². The van der Waals surface area contributed by atoms with Gasteiger partial charge in [0.2, 0.25) is 0 Å². The highest BCUT2D eigenvalue weighted by Gasteiger charge is 2.18. The highest BCUT2D eigenvalue weighted by Crippen LogP contribution is 2.37. The van der Waals surface area contributed by atoms with Crippen LogP contribution in [0.2, 0.25) is 0 Å². The van der Waals surface area contributed by atoms with Crippen LogP contribution in [0.15, 0.2) is 61.2 Å². The van der Waals surface area contributed by atoms with Gasteiger partial charge in [-0.1, -0.05) is 6.07 Å². The van der Waals surface area contributed by atoms with Crippen LogP contribution in [0.4, 0.5) is 27.4 Å². The lowest BCUT2D eigenvalue weighted by Gasteiger charge is -2.17. The van der Waals surface area contributed by atoms with Crippen molar-refractivity contribution in [3.63, 3.8) is 0 Å². The van der Waals surface area contributed by atoms with Crippen molar-refractivity contribution < 1.29 is 23.8 Å². The summed E-state index contributed by atoms with van der Waals surface area (Å²) in [6, 6.07) is 9.47. The molecule has 182 valence electrons. The van der Waals surface area contributed by atoms with Crippen molar-refractivity contribution in [3.8, 4) is 17.1 Å². The first-order valence-corrected chi connectivity index (χ1v) is 10.5. The molecule has 0 saturated heterocycles. The Morgan fingerprint density at radius 3 is 2.39 bits per heavy atom. The van der Waals surface area contributed by atoms with Crippen molar-refractivity contribution in [2.24, 2.45) is 0 Å². The predicted molar refractivity (Wildman–Crippen MR) is 129 cm³/mol. The highest BCUT2D eigenvalue weighted by molar-refractivity contribution is 6.00. The molecule has 3 aromatic heterocycles. The number of benzene rings is 1. The van der Waals surface area contributed by atoms with Gasteiger partial charge >= 0.3 is 5.97 Å². The maximum Gasteiger partial charge on any atom is 0.335 e. The van der Waals surface area contributed by atoms with Crippen molar-refractivity contribution in [2.75, 3.05) is 24.8 Å². The van der Waals surface area contributed by atoms with E-state index in [-0.39, 0.29) is 28.7 Å². The second kappa shape index (κ2) is 10.4. The van der Waals surface area contributed by atoms with E-state index in [1.54, 1.807) is 24.3 Å². The van der Waals surface area contributed by atoms with Crippen LogP contribution in [-0.2, 0) is 0 Å². The maximum absolute atomic E-state index is 13.3. The minimum absolute atomic E-state index is 0.0531. The Hall–Kier alpha value is -5.13. The number of hydrogen-bond acceptors (Lipinski definition) is 9. The molecule has 4 aromatic rings. The predicted octanol–water partition coefficient (Wildman–Crippen LogP) is 3.63. The minimum atomic E-state index is -1.09. The van der Waals surface area contributed by atoms with Gasteiger partial charge in [0.25, 0.3) is 5.91 Å². The third-order valence-electron chi connectivity index (χ3n) is 4.99. The number of pyridine rings is 2. The van der Waals surface area contributed by atoms with Crippen molar-refractivity contribution >= 4 is 34.9 Å². The Balaban J connectivity index is 1.73. The zero-order valence-electron chi connectivity index (χ0n) is 19.1. The molecule has 4 N–H and O–H groups in total. The summed E-state index contributed by atoms with van der Waals surface area (Å²) in [5, 5.41) is 17.9. The van der Waals surface area contributed by atoms with Crippen LogP contribution in [0.3, 0.4) is 0 Å². The van der Waals surface area contributed by atoms with Crippen molar-refractivity contribution in [1.82, 2.24) is 25.3 Å². The van der Waals surface area contributed by atoms with E-state index in [4.69, 9.17) is 4.74 Å². The van der Waals surface area contributed by atoms with E-state index < -0.39 is 11.8 Å². The van der Waals surface area contributed by atoms with Gasteiger partial charge in [-0.25, -0.2) is 29.1 Å². The van der Waals surface area contributed by atoms with Crippen LogP contribution in [0, 0.1) is 5.82 Å². The van der Waals surface area contributed by atoms with Crippen molar-refractivity contribution in [1.29, 1.82) is 0 Å². The summed E-state index contributed by atoms with van der Waals surface area (Å²) >= 11 is 0. The van der Waals surface area contributed by atoms with Gasteiger partial charge in [0.15, 0.2) is 17.4 Å². The summed E-state index contributed by atoms with van der Waals surface area (Å²) in [6.45, 7) is 0. The molecule has 0 atom stereocenters. The zero-order chi connectivity index (χ0) is 25.7.